The largest absolute Gasteiger partial charge is 0.495 e. The van der Waals surface area contributed by atoms with Crippen molar-refractivity contribution in [1.29, 1.82) is 0 Å². The number of hydrogen-bond acceptors (Lipinski definition) is 5. The molecule has 7 nitrogen and oxygen atoms in total. The van der Waals surface area contributed by atoms with Crippen LogP contribution in [-0.2, 0) is 32.5 Å². The maximum Gasteiger partial charge on any atom is 0.246 e. The van der Waals surface area contributed by atoms with Crippen molar-refractivity contribution in [2.45, 2.75) is 24.8 Å². The molecule has 0 aliphatic carbocycles. The lowest BCUT2D eigenvalue weighted by Gasteiger charge is -2.26. The summed E-state index contributed by atoms with van der Waals surface area (Å²) in [7, 11) is -2.29. The Labute approximate surface area is 171 Å². The number of morpholine rings is 1. The molecule has 8 heteroatoms. The van der Waals surface area contributed by atoms with Crippen LogP contribution >= 0.6 is 0 Å². The number of carbonyl (C=O) groups is 1. The second kappa shape index (κ2) is 9.39. The number of benzene rings is 2. The maximum absolute atomic E-state index is 13.0. The van der Waals surface area contributed by atoms with E-state index in [-0.39, 0.29) is 23.0 Å². The Kier molecular flexibility index (Phi) is 6.89. The highest BCUT2D eigenvalue weighted by Gasteiger charge is 2.29. The van der Waals surface area contributed by atoms with E-state index in [2.05, 4.69) is 5.32 Å². The number of nitrogens with one attached hydrogen (secondary N) is 1. The van der Waals surface area contributed by atoms with Crippen molar-refractivity contribution in [2.24, 2.45) is 0 Å². The molecule has 2 aromatic rings. The van der Waals surface area contributed by atoms with Crippen molar-refractivity contribution >= 4 is 15.9 Å². The van der Waals surface area contributed by atoms with Gasteiger partial charge < -0.3 is 14.8 Å². The van der Waals surface area contributed by atoms with Crippen LogP contribution < -0.4 is 10.1 Å². The minimum absolute atomic E-state index is 0.0748. The number of aryl methyl sites for hydroxylation is 1. The number of hydrogen-bond donors (Lipinski definition) is 1. The van der Waals surface area contributed by atoms with Crippen molar-refractivity contribution in [3.05, 3.63) is 59.2 Å². The molecule has 0 spiro atoms. The summed E-state index contributed by atoms with van der Waals surface area (Å²) in [6.07, 6.45) is 0.0848. The van der Waals surface area contributed by atoms with Gasteiger partial charge in [0.15, 0.2) is 0 Å². The van der Waals surface area contributed by atoms with E-state index < -0.39 is 10.0 Å². The highest BCUT2D eigenvalue weighted by molar-refractivity contribution is 7.89. The van der Waals surface area contributed by atoms with Gasteiger partial charge in [0.25, 0.3) is 0 Å². The van der Waals surface area contributed by atoms with Gasteiger partial charge >= 0.3 is 0 Å². The van der Waals surface area contributed by atoms with Crippen LogP contribution in [0.2, 0.25) is 0 Å². The maximum atomic E-state index is 13.0. The van der Waals surface area contributed by atoms with Gasteiger partial charge in [0, 0.05) is 19.6 Å². The number of amides is 1. The van der Waals surface area contributed by atoms with Gasteiger partial charge in [0.1, 0.15) is 10.6 Å². The van der Waals surface area contributed by atoms with E-state index in [4.69, 9.17) is 9.47 Å². The van der Waals surface area contributed by atoms with Crippen LogP contribution in [0, 0.1) is 6.92 Å². The number of ether oxygens (including phenoxy) is 2. The van der Waals surface area contributed by atoms with Crippen molar-refractivity contribution in [2.75, 3.05) is 33.4 Å². The molecule has 156 valence electrons. The van der Waals surface area contributed by atoms with E-state index in [1.54, 1.807) is 12.1 Å². The lowest BCUT2D eigenvalue weighted by Crippen LogP contribution is -2.40. The number of methoxy groups -OCH3 is 1. The average molecular weight is 419 g/mol. The Balaban J connectivity index is 1.72. The summed E-state index contributed by atoms with van der Waals surface area (Å²) in [6.45, 7) is 3.76. The highest BCUT2D eigenvalue weighted by atomic mass is 32.2. The average Bonchev–Trinajstić information content (AvgIpc) is 2.74. The third-order valence-electron chi connectivity index (χ3n) is 4.79. The molecule has 0 saturated carbocycles. The van der Waals surface area contributed by atoms with E-state index in [1.165, 1.54) is 17.5 Å². The van der Waals surface area contributed by atoms with Gasteiger partial charge in [-0.05, 0) is 30.2 Å². The third kappa shape index (κ3) is 5.35. The molecule has 1 aliphatic heterocycles. The van der Waals surface area contributed by atoms with Gasteiger partial charge in [0.2, 0.25) is 15.9 Å². The number of sulfonamides is 1. The first-order valence-electron chi connectivity index (χ1n) is 9.47. The summed E-state index contributed by atoms with van der Waals surface area (Å²) in [4.78, 5) is 12.4. The van der Waals surface area contributed by atoms with E-state index >= 15 is 0 Å². The van der Waals surface area contributed by atoms with Crippen LogP contribution in [0.1, 0.15) is 16.7 Å². The first-order valence-corrected chi connectivity index (χ1v) is 10.9. The Morgan fingerprint density at radius 1 is 1.10 bits per heavy atom. The smallest absolute Gasteiger partial charge is 0.246 e. The van der Waals surface area contributed by atoms with Crippen molar-refractivity contribution in [3.8, 4) is 5.75 Å². The van der Waals surface area contributed by atoms with E-state index in [0.717, 1.165) is 11.1 Å². The van der Waals surface area contributed by atoms with E-state index in [0.29, 0.717) is 38.4 Å². The van der Waals surface area contributed by atoms with Crippen molar-refractivity contribution in [3.63, 3.8) is 0 Å². The molecule has 0 radical (unpaired) electrons. The van der Waals surface area contributed by atoms with Crippen LogP contribution in [-0.4, -0.2) is 52.0 Å². The number of carbonyl (C=O) groups excluding carboxylic acids is 1. The predicted octanol–water partition coefficient (Wildman–Crippen LogP) is 1.88. The topological polar surface area (TPSA) is 84.9 Å². The first-order chi connectivity index (χ1) is 13.9. The summed E-state index contributed by atoms with van der Waals surface area (Å²) in [5, 5.41) is 2.87. The molecule has 0 atom stereocenters. The molecular weight excluding hydrogens is 392 g/mol. The predicted molar refractivity (Wildman–Crippen MR) is 109 cm³/mol. The summed E-state index contributed by atoms with van der Waals surface area (Å²) in [5.74, 6) is 0.0887. The lowest BCUT2D eigenvalue weighted by molar-refractivity contribution is -0.120. The quantitative estimate of drug-likeness (QED) is 0.742. The molecule has 1 fully saturated rings. The molecule has 1 N–H and O–H groups in total. The molecule has 0 aromatic heterocycles. The summed E-state index contributed by atoms with van der Waals surface area (Å²) >= 11 is 0. The molecular formula is C21H26N2O5S. The summed E-state index contributed by atoms with van der Waals surface area (Å²) < 4.78 is 38.0. The van der Waals surface area contributed by atoms with E-state index in [9.17, 15) is 13.2 Å². The van der Waals surface area contributed by atoms with Gasteiger partial charge in [-0.2, -0.15) is 4.31 Å². The standard InChI is InChI=1S/C21H26N2O5S/c1-16-3-5-17(6-4-16)15-22-21(24)14-18-7-8-19(27-2)20(13-18)29(25,26)23-9-11-28-12-10-23/h3-8,13H,9-12,14-15H2,1-2H3,(H,22,24). The zero-order valence-electron chi connectivity index (χ0n) is 16.7. The fraction of sp³-hybridized carbons (Fsp3) is 0.381. The molecule has 2 aromatic carbocycles. The Morgan fingerprint density at radius 3 is 2.41 bits per heavy atom. The second-order valence-electron chi connectivity index (χ2n) is 6.94. The van der Waals surface area contributed by atoms with E-state index in [1.807, 2.05) is 31.2 Å². The number of rotatable bonds is 7. The summed E-state index contributed by atoms with van der Waals surface area (Å²) in [5.41, 5.74) is 2.78. The van der Waals surface area contributed by atoms with Crippen molar-refractivity contribution < 1.29 is 22.7 Å². The van der Waals surface area contributed by atoms with Gasteiger partial charge in [-0.3, -0.25) is 4.79 Å². The van der Waals surface area contributed by atoms with Crippen LogP contribution in [0.3, 0.4) is 0 Å². The van der Waals surface area contributed by atoms with Crippen LogP contribution in [0.15, 0.2) is 47.4 Å². The molecule has 1 saturated heterocycles. The van der Waals surface area contributed by atoms with Gasteiger partial charge in [-0.25, -0.2) is 8.42 Å². The Morgan fingerprint density at radius 2 is 1.76 bits per heavy atom. The zero-order chi connectivity index (χ0) is 20.9. The van der Waals surface area contributed by atoms with Crippen LogP contribution in [0.25, 0.3) is 0 Å². The van der Waals surface area contributed by atoms with Crippen molar-refractivity contribution in [1.82, 2.24) is 9.62 Å². The molecule has 1 aliphatic rings. The van der Waals surface area contributed by atoms with Gasteiger partial charge in [-0.15, -0.1) is 0 Å². The molecule has 0 bridgehead atoms. The minimum atomic E-state index is -3.73. The highest BCUT2D eigenvalue weighted by Crippen LogP contribution is 2.28. The fourth-order valence-electron chi connectivity index (χ4n) is 3.11. The normalized spacial score (nSPS) is 15.1. The first kappa shape index (κ1) is 21.3. The molecule has 1 amide bonds. The molecule has 0 unspecified atom stereocenters. The zero-order valence-corrected chi connectivity index (χ0v) is 17.5. The van der Waals surface area contributed by atoms with Crippen LogP contribution in [0.5, 0.6) is 5.75 Å². The van der Waals surface area contributed by atoms with Gasteiger partial charge in [-0.1, -0.05) is 35.9 Å². The Hall–Kier alpha value is -2.42. The molecule has 3 rings (SSSR count). The molecule has 29 heavy (non-hydrogen) atoms. The van der Waals surface area contributed by atoms with Crippen LogP contribution in [0.4, 0.5) is 0 Å². The monoisotopic (exact) mass is 418 g/mol. The second-order valence-corrected chi connectivity index (χ2v) is 8.85. The third-order valence-corrected chi connectivity index (χ3v) is 6.71. The minimum Gasteiger partial charge on any atom is -0.495 e. The van der Waals surface area contributed by atoms with Gasteiger partial charge in [0.05, 0.1) is 26.7 Å². The number of nitrogens with zero attached hydrogens (tertiary/aromatic N) is 1. The summed E-state index contributed by atoms with van der Waals surface area (Å²) in [6, 6.07) is 12.8. The Bertz CT molecular complexity index is 952. The molecule has 1 heterocycles. The SMILES string of the molecule is COc1ccc(CC(=O)NCc2ccc(C)cc2)cc1S(=O)(=O)N1CCOCC1. The fourth-order valence-corrected chi connectivity index (χ4v) is 4.73. The lowest BCUT2D eigenvalue weighted by atomic mass is 10.1.